The number of halogens is 1. The number of hydrogen-bond acceptors (Lipinski definition) is 5. The average Bonchev–Trinajstić information content (AvgIpc) is 3.32. The predicted octanol–water partition coefficient (Wildman–Crippen LogP) is 2.73. The molecule has 5 rings (SSSR count). The Morgan fingerprint density at radius 1 is 1.27 bits per heavy atom. The van der Waals surface area contributed by atoms with Gasteiger partial charge in [-0.05, 0) is 44.7 Å². The molecule has 1 aliphatic heterocycles. The fourth-order valence-corrected chi connectivity index (χ4v) is 4.72. The number of imidazole rings is 1. The van der Waals surface area contributed by atoms with Gasteiger partial charge in [-0.25, -0.2) is 9.97 Å². The molecule has 3 aromatic rings. The van der Waals surface area contributed by atoms with Crippen LogP contribution in [-0.4, -0.2) is 43.9 Å². The molecule has 2 atom stereocenters. The molecule has 7 nitrogen and oxygen atoms in total. The van der Waals surface area contributed by atoms with E-state index in [1.165, 1.54) is 12.8 Å². The number of anilines is 1. The maximum Gasteiger partial charge on any atom is 0.180 e. The van der Waals surface area contributed by atoms with Crippen molar-refractivity contribution in [2.24, 2.45) is 18.9 Å². The van der Waals surface area contributed by atoms with Gasteiger partial charge in [0.25, 0.3) is 0 Å². The molecule has 1 saturated heterocycles. The van der Waals surface area contributed by atoms with Gasteiger partial charge in [0, 0.05) is 19.3 Å². The van der Waals surface area contributed by atoms with E-state index in [0.29, 0.717) is 16.7 Å². The van der Waals surface area contributed by atoms with Gasteiger partial charge in [-0.3, -0.25) is 4.68 Å². The molecule has 0 spiro atoms. The van der Waals surface area contributed by atoms with Crippen molar-refractivity contribution in [3.8, 4) is 11.4 Å². The normalized spacial score (nSPS) is 25.1. The summed E-state index contributed by atoms with van der Waals surface area (Å²) in [7, 11) is 1.91. The van der Waals surface area contributed by atoms with Crippen LogP contribution in [0.15, 0.2) is 12.4 Å². The van der Waals surface area contributed by atoms with Gasteiger partial charge in [0.2, 0.25) is 0 Å². The third-order valence-corrected chi connectivity index (χ3v) is 6.03. The van der Waals surface area contributed by atoms with Gasteiger partial charge in [-0.2, -0.15) is 5.10 Å². The number of aryl methyl sites for hydroxylation is 2. The summed E-state index contributed by atoms with van der Waals surface area (Å²) in [6, 6.07) is 0.446. The highest BCUT2D eigenvalue weighted by Crippen LogP contribution is 2.38. The molecule has 0 radical (unpaired) electrons. The smallest absolute Gasteiger partial charge is 0.180 e. The predicted molar refractivity (Wildman–Crippen MR) is 102 cm³/mol. The molecular formula is C18H22ClN7. The Balaban J connectivity index is 1.50. The van der Waals surface area contributed by atoms with Gasteiger partial charge >= 0.3 is 0 Å². The van der Waals surface area contributed by atoms with E-state index in [2.05, 4.69) is 30.7 Å². The van der Waals surface area contributed by atoms with Gasteiger partial charge in [-0.1, -0.05) is 11.6 Å². The highest BCUT2D eigenvalue weighted by molar-refractivity contribution is 6.34. The topological polar surface area (TPSA) is 83.4 Å². The number of H-pyrrole nitrogens is 1. The second kappa shape index (κ2) is 5.96. The highest BCUT2D eigenvalue weighted by atomic mass is 35.5. The molecule has 26 heavy (non-hydrogen) atoms. The van der Waals surface area contributed by atoms with E-state index < -0.39 is 0 Å². The lowest BCUT2D eigenvalue weighted by Crippen LogP contribution is -2.20. The fraction of sp³-hybridized carbons (Fsp3) is 0.500. The Hall–Kier alpha value is -2.12. The first kappa shape index (κ1) is 16.1. The Morgan fingerprint density at radius 2 is 2.04 bits per heavy atom. The number of nitrogens with one attached hydrogen (secondary N) is 3. The lowest BCUT2D eigenvalue weighted by atomic mass is 10.0. The first-order chi connectivity index (χ1) is 12.6. The van der Waals surface area contributed by atoms with Gasteiger partial charge in [0.05, 0.1) is 28.2 Å². The van der Waals surface area contributed by atoms with E-state index in [9.17, 15) is 0 Å². The van der Waals surface area contributed by atoms with Crippen molar-refractivity contribution in [3.05, 3.63) is 23.1 Å². The Labute approximate surface area is 156 Å². The van der Waals surface area contributed by atoms with Gasteiger partial charge in [-0.15, -0.1) is 0 Å². The van der Waals surface area contributed by atoms with Crippen molar-refractivity contribution < 1.29 is 0 Å². The molecular weight excluding hydrogens is 350 g/mol. The summed E-state index contributed by atoms with van der Waals surface area (Å²) in [6.07, 6.45) is 6.01. The molecule has 8 heteroatoms. The minimum Gasteiger partial charge on any atom is -0.379 e. The van der Waals surface area contributed by atoms with Crippen LogP contribution >= 0.6 is 11.6 Å². The van der Waals surface area contributed by atoms with Crippen molar-refractivity contribution >= 4 is 28.5 Å². The maximum atomic E-state index is 6.49. The SMILES string of the molecule is Cc1nn(C)cc1-c1nc2ncc(Cl)c(NC3CC4CNCC4C3)c2[nH]1. The molecule has 2 aliphatic rings. The summed E-state index contributed by atoms with van der Waals surface area (Å²) >= 11 is 6.49. The Kier molecular flexibility index (Phi) is 3.68. The minimum atomic E-state index is 0.446. The largest absolute Gasteiger partial charge is 0.379 e. The van der Waals surface area contributed by atoms with Crippen LogP contribution in [0.25, 0.3) is 22.6 Å². The second-order valence-electron chi connectivity index (χ2n) is 7.56. The first-order valence-electron chi connectivity index (χ1n) is 9.10. The fourth-order valence-electron chi connectivity index (χ4n) is 4.52. The van der Waals surface area contributed by atoms with E-state index in [0.717, 1.165) is 53.2 Å². The van der Waals surface area contributed by atoms with Crippen LogP contribution in [0.2, 0.25) is 5.02 Å². The molecule has 1 aliphatic carbocycles. The zero-order valence-corrected chi connectivity index (χ0v) is 15.6. The van der Waals surface area contributed by atoms with E-state index in [1.54, 1.807) is 10.9 Å². The third kappa shape index (κ3) is 2.57. The summed E-state index contributed by atoms with van der Waals surface area (Å²) in [6.45, 7) is 4.25. The van der Waals surface area contributed by atoms with Gasteiger partial charge < -0.3 is 15.6 Å². The van der Waals surface area contributed by atoms with Gasteiger partial charge in [0.1, 0.15) is 11.3 Å². The zero-order valence-electron chi connectivity index (χ0n) is 14.9. The molecule has 3 aromatic heterocycles. The summed E-state index contributed by atoms with van der Waals surface area (Å²) in [5, 5.41) is 12.2. The monoisotopic (exact) mass is 371 g/mol. The Bertz CT molecular complexity index is 963. The highest BCUT2D eigenvalue weighted by Gasteiger charge is 2.37. The van der Waals surface area contributed by atoms with E-state index in [1.807, 2.05) is 20.2 Å². The van der Waals surface area contributed by atoms with E-state index in [-0.39, 0.29) is 0 Å². The van der Waals surface area contributed by atoms with Crippen LogP contribution in [0, 0.1) is 18.8 Å². The number of pyridine rings is 1. The van der Waals surface area contributed by atoms with Crippen LogP contribution in [0.5, 0.6) is 0 Å². The van der Waals surface area contributed by atoms with Crippen molar-refractivity contribution in [1.29, 1.82) is 0 Å². The standard InChI is InChI=1S/C18H22ClN7/c1-9-13(8-26(2)25-9)17-23-16-15(14(19)7-21-18(16)24-17)22-12-3-10-5-20-6-11(10)4-12/h7-8,10-12,20H,3-6H2,1-2H3,(H2,21,22,23,24). The van der Waals surface area contributed by atoms with Crippen LogP contribution < -0.4 is 10.6 Å². The number of fused-ring (bicyclic) bond motifs is 2. The number of rotatable bonds is 3. The zero-order chi connectivity index (χ0) is 17.8. The van der Waals surface area contributed by atoms with E-state index >= 15 is 0 Å². The Morgan fingerprint density at radius 3 is 2.73 bits per heavy atom. The lowest BCUT2D eigenvalue weighted by Gasteiger charge is -2.16. The molecule has 2 unspecified atom stereocenters. The summed E-state index contributed by atoms with van der Waals surface area (Å²) in [5.74, 6) is 2.33. The van der Waals surface area contributed by atoms with Crippen molar-refractivity contribution in [3.63, 3.8) is 0 Å². The van der Waals surface area contributed by atoms with Crippen LogP contribution in [-0.2, 0) is 7.05 Å². The third-order valence-electron chi connectivity index (χ3n) is 5.75. The van der Waals surface area contributed by atoms with Gasteiger partial charge in [0.15, 0.2) is 5.65 Å². The molecule has 2 fully saturated rings. The molecule has 0 amide bonds. The van der Waals surface area contributed by atoms with Crippen molar-refractivity contribution in [1.82, 2.24) is 30.0 Å². The summed E-state index contributed by atoms with van der Waals surface area (Å²) < 4.78 is 1.79. The molecule has 0 bridgehead atoms. The molecule has 1 saturated carbocycles. The van der Waals surface area contributed by atoms with Crippen LogP contribution in [0.1, 0.15) is 18.5 Å². The lowest BCUT2D eigenvalue weighted by molar-refractivity contribution is 0.494. The average molecular weight is 372 g/mol. The molecule has 3 N–H and O–H groups in total. The molecule has 136 valence electrons. The number of aromatic nitrogens is 5. The molecule has 0 aromatic carbocycles. The summed E-state index contributed by atoms with van der Waals surface area (Å²) in [4.78, 5) is 12.5. The maximum absolute atomic E-state index is 6.49. The first-order valence-corrected chi connectivity index (χ1v) is 9.48. The van der Waals surface area contributed by atoms with Crippen LogP contribution in [0.3, 0.4) is 0 Å². The summed E-state index contributed by atoms with van der Waals surface area (Å²) in [5.41, 5.74) is 4.37. The molecule has 4 heterocycles. The number of hydrogen-bond donors (Lipinski definition) is 3. The second-order valence-corrected chi connectivity index (χ2v) is 7.97. The number of aromatic amines is 1. The number of nitrogens with zero attached hydrogens (tertiary/aromatic N) is 4. The quantitative estimate of drug-likeness (QED) is 0.659. The van der Waals surface area contributed by atoms with E-state index in [4.69, 9.17) is 11.6 Å². The van der Waals surface area contributed by atoms with Crippen molar-refractivity contribution in [2.75, 3.05) is 18.4 Å². The minimum absolute atomic E-state index is 0.446. The van der Waals surface area contributed by atoms with Crippen LogP contribution in [0.4, 0.5) is 5.69 Å². The van der Waals surface area contributed by atoms with Crippen molar-refractivity contribution in [2.45, 2.75) is 25.8 Å².